The molecule has 8 heteroatoms. The normalized spacial score (nSPS) is 11.5. The third-order valence-electron chi connectivity index (χ3n) is 7.34. The van der Waals surface area contributed by atoms with Crippen LogP contribution in [0.4, 0.5) is 0 Å². The van der Waals surface area contributed by atoms with Gasteiger partial charge in [-0.15, -0.1) is 0 Å². The Bertz CT molecular complexity index is 352. The van der Waals surface area contributed by atoms with Gasteiger partial charge in [-0.1, -0.05) is 6.92 Å². The van der Waals surface area contributed by atoms with Crippen molar-refractivity contribution in [1.29, 1.82) is 0 Å². The summed E-state index contributed by atoms with van der Waals surface area (Å²) in [7, 11) is -0.458. The Kier molecular flexibility index (Phi) is 45.2. The molecule has 0 atom stereocenters. The summed E-state index contributed by atoms with van der Waals surface area (Å²) in [6, 6.07) is 0. The van der Waals surface area contributed by atoms with Gasteiger partial charge in [0.25, 0.3) is 0 Å². The number of thiol groups is 1. The molecule has 0 N–H and O–H groups in total. The number of rotatable bonds is 14. The monoisotopic (exact) mass is 738 g/mol. The van der Waals surface area contributed by atoms with Crippen LogP contribution in [0.3, 0.4) is 0 Å². The quantitative estimate of drug-likeness (QED) is 0.0753. The zero-order valence-corrected chi connectivity index (χ0v) is 36.3. The fourth-order valence-corrected chi connectivity index (χ4v) is 20.1. The van der Waals surface area contributed by atoms with Crippen LogP contribution in [0, 0.1) is 0 Å². The second kappa shape index (κ2) is 31.8. The van der Waals surface area contributed by atoms with Gasteiger partial charge in [0, 0.05) is 64.7 Å². The smallest absolute Gasteiger partial charge is 0.0910 e. The molecule has 0 heterocycles. The van der Waals surface area contributed by atoms with Crippen molar-refractivity contribution >= 4 is 57.8 Å². The van der Waals surface area contributed by atoms with Gasteiger partial charge in [-0.3, -0.25) is 0 Å². The van der Waals surface area contributed by atoms with Crippen LogP contribution in [0.25, 0.3) is 0 Å². The molecular formula is C30H74Ni2P4S2+2. The van der Waals surface area contributed by atoms with Crippen molar-refractivity contribution in [2.75, 3.05) is 30.4 Å². The van der Waals surface area contributed by atoms with E-state index in [2.05, 4.69) is 123 Å². The van der Waals surface area contributed by atoms with Gasteiger partial charge in [0.05, 0.1) is 69.9 Å². The Labute approximate surface area is 282 Å². The van der Waals surface area contributed by atoms with Crippen molar-refractivity contribution in [3.05, 3.63) is 0 Å². The summed E-state index contributed by atoms with van der Waals surface area (Å²) in [5.41, 5.74) is 7.61. The SMILES string of the molecule is CC(C)[PH+](CC[PH+](C(C)C)C(C)C)C(C)C.CC(C)[PH+](CC[PH+](C(C)C)C(C)C)C(C)C.CC[S-].[Ni].[Ni].[SH-]. The molecule has 0 fully saturated rings. The minimum absolute atomic E-state index is 0. The van der Waals surface area contributed by atoms with Crippen LogP contribution in [-0.2, 0) is 59.1 Å². The van der Waals surface area contributed by atoms with Crippen LogP contribution in [0.5, 0.6) is 0 Å². The third-order valence-corrected chi connectivity index (χ3v) is 23.5. The first-order chi connectivity index (χ1) is 16.0. The predicted octanol–water partition coefficient (Wildman–Crippen LogP) is 10.4. The van der Waals surface area contributed by atoms with Crippen molar-refractivity contribution in [3.63, 3.8) is 0 Å². The van der Waals surface area contributed by atoms with Gasteiger partial charge in [0.2, 0.25) is 0 Å². The van der Waals surface area contributed by atoms with Crippen LogP contribution in [0.15, 0.2) is 0 Å². The minimum Gasteiger partial charge on any atom is -0.813 e. The number of hydrogen-bond donors (Lipinski definition) is 0. The summed E-state index contributed by atoms with van der Waals surface area (Å²) >= 11 is 4.39. The van der Waals surface area contributed by atoms with Crippen LogP contribution in [0.2, 0.25) is 0 Å². The van der Waals surface area contributed by atoms with Gasteiger partial charge in [-0.25, -0.2) is 0 Å². The minimum atomic E-state index is -0.114. The van der Waals surface area contributed by atoms with Crippen molar-refractivity contribution in [3.8, 4) is 0 Å². The average molecular weight is 740 g/mol. The zero-order valence-electron chi connectivity index (χ0n) is 28.6. The molecule has 0 saturated carbocycles. The van der Waals surface area contributed by atoms with E-state index in [4.69, 9.17) is 0 Å². The molecule has 38 heavy (non-hydrogen) atoms. The molecule has 0 aromatic carbocycles. The predicted molar refractivity (Wildman–Crippen MR) is 200 cm³/mol. The van der Waals surface area contributed by atoms with Crippen molar-refractivity contribution < 1.29 is 33.0 Å². The standard InChI is InChI=1S/2C14H32P2.C2H6S.2Ni.H2S/c2*1-11(2)15(12(3)4)9-10-16(13(5)6)14(7)8;1-2-3;;;/h2*11-14H,9-10H2,1-8H3;3H,2H2,1H3;;;1H2/p+2. The Morgan fingerprint density at radius 2 is 0.447 bits per heavy atom. The fraction of sp³-hybridized carbons (Fsp3) is 1.00. The largest absolute Gasteiger partial charge is 0.813 e. The Balaban J connectivity index is -0.000000114. The molecule has 0 unspecified atom stereocenters. The molecule has 244 valence electrons. The summed E-state index contributed by atoms with van der Waals surface area (Å²) in [4.78, 5) is 0. The first kappa shape index (κ1) is 53.9. The zero-order chi connectivity index (χ0) is 28.5. The molecule has 0 aliphatic heterocycles. The van der Waals surface area contributed by atoms with Crippen LogP contribution < -0.4 is 0 Å². The van der Waals surface area contributed by atoms with Crippen molar-refractivity contribution in [2.24, 2.45) is 0 Å². The molecule has 0 spiro atoms. The van der Waals surface area contributed by atoms with E-state index in [-0.39, 0.29) is 78.2 Å². The van der Waals surface area contributed by atoms with Crippen LogP contribution in [0.1, 0.15) is 118 Å². The molecule has 0 amide bonds. The maximum atomic E-state index is 4.39. The van der Waals surface area contributed by atoms with E-state index in [1.54, 1.807) is 24.6 Å². The number of hydrogen-bond acceptors (Lipinski definition) is 2. The second-order valence-corrected chi connectivity index (χ2v) is 29.2. The van der Waals surface area contributed by atoms with E-state index in [1.807, 2.05) is 6.92 Å². The van der Waals surface area contributed by atoms with Gasteiger partial charge >= 0.3 is 0 Å². The first-order valence-electron chi connectivity index (χ1n) is 15.0. The van der Waals surface area contributed by atoms with E-state index in [9.17, 15) is 0 Å². The summed E-state index contributed by atoms with van der Waals surface area (Å²) in [5.74, 6) is 0.833. The summed E-state index contributed by atoms with van der Waals surface area (Å²) in [6.07, 6.45) is 6.24. The van der Waals surface area contributed by atoms with Gasteiger partial charge < -0.3 is 26.1 Å². The van der Waals surface area contributed by atoms with Crippen LogP contribution in [-0.4, -0.2) is 75.7 Å². The molecule has 0 saturated heterocycles. The fourth-order valence-electron chi connectivity index (χ4n) is 5.55. The van der Waals surface area contributed by atoms with E-state index >= 15 is 0 Å². The maximum Gasteiger partial charge on any atom is 0.0910 e. The van der Waals surface area contributed by atoms with E-state index in [0.717, 1.165) is 51.0 Å². The molecule has 0 nitrogen and oxygen atoms in total. The molecule has 0 aromatic rings. The second-order valence-electron chi connectivity index (χ2n) is 12.8. The van der Waals surface area contributed by atoms with E-state index in [1.165, 1.54) is 0 Å². The van der Waals surface area contributed by atoms with E-state index in [0.29, 0.717) is 0 Å². The van der Waals surface area contributed by atoms with Gasteiger partial charge in [-0.05, 0) is 111 Å². The Morgan fingerprint density at radius 3 is 0.500 bits per heavy atom. The van der Waals surface area contributed by atoms with Gasteiger partial charge in [0.1, 0.15) is 0 Å². The van der Waals surface area contributed by atoms with Crippen molar-refractivity contribution in [2.45, 2.75) is 163 Å². The maximum absolute atomic E-state index is 4.39. The van der Waals surface area contributed by atoms with Gasteiger partial charge in [-0.2, -0.15) is 5.75 Å². The molecule has 0 aromatic heterocycles. The van der Waals surface area contributed by atoms with Crippen molar-refractivity contribution in [1.82, 2.24) is 0 Å². The first-order valence-corrected chi connectivity index (χ1v) is 23.0. The average Bonchev–Trinajstić information content (AvgIpc) is 2.67. The summed E-state index contributed by atoms with van der Waals surface area (Å²) < 4.78 is 0. The van der Waals surface area contributed by atoms with Gasteiger partial charge in [0.15, 0.2) is 0 Å². The third kappa shape index (κ3) is 28.2. The Morgan fingerprint density at radius 1 is 0.368 bits per heavy atom. The van der Waals surface area contributed by atoms with Crippen LogP contribution >= 0.6 is 31.7 Å². The molecule has 0 aliphatic rings. The van der Waals surface area contributed by atoms with E-state index < -0.39 is 0 Å². The Hall–Kier alpha value is 3.41. The summed E-state index contributed by atoms with van der Waals surface area (Å²) in [5, 5.41) is 0. The summed E-state index contributed by atoms with van der Waals surface area (Å²) in [6.45, 7) is 40.9. The molecule has 0 bridgehead atoms. The molecule has 0 rings (SSSR count). The topological polar surface area (TPSA) is 0 Å². The molecule has 0 radical (unpaired) electrons. The molecular weight excluding hydrogens is 666 g/mol. The molecule has 0 aliphatic carbocycles.